The Balaban J connectivity index is 1.68. The van der Waals surface area contributed by atoms with E-state index in [-0.39, 0.29) is 0 Å². The van der Waals surface area contributed by atoms with Crippen LogP contribution in [0.5, 0.6) is 0 Å². The summed E-state index contributed by atoms with van der Waals surface area (Å²) in [6, 6.07) is 12.4. The average molecular weight is 218 g/mol. The topological polar surface area (TPSA) is 9.23 Å². The summed E-state index contributed by atoms with van der Waals surface area (Å²) in [5.41, 5.74) is 2.61. The molecule has 0 radical (unpaired) electrons. The van der Waals surface area contributed by atoms with E-state index in [1.165, 1.54) is 11.1 Å². The van der Waals surface area contributed by atoms with Crippen molar-refractivity contribution in [1.82, 2.24) is 0 Å². The minimum absolute atomic E-state index is 0.713. The highest BCUT2D eigenvalue weighted by molar-refractivity contribution is 7.07. The zero-order valence-corrected chi connectivity index (χ0v) is 9.37. The molecule has 0 unspecified atom stereocenters. The van der Waals surface area contributed by atoms with E-state index in [2.05, 4.69) is 29.0 Å². The summed E-state index contributed by atoms with van der Waals surface area (Å²) in [6.45, 7) is 1.51. The Morgan fingerprint density at radius 3 is 2.60 bits per heavy atom. The van der Waals surface area contributed by atoms with Gasteiger partial charge in [0.2, 0.25) is 0 Å². The van der Waals surface area contributed by atoms with Gasteiger partial charge in [-0.1, -0.05) is 30.3 Å². The van der Waals surface area contributed by atoms with Crippen LogP contribution >= 0.6 is 11.3 Å². The maximum absolute atomic E-state index is 5.60. The summed E-state index contributed by atoms with van der Waals surface area (Å²) in [7, 11) is 0. The van der Waals surface area contributed by atoms with Gasteiger partial charge in [0.15, 0.2) is 0 Å². The predicted octanol–water partition coefficient (Wildman–Crippen LogP) is 3.51. The number of rotatable bonds is 5. The van der Waals surface area contributed by atoms with E-state index in [4.69, 9.17) is 4.74 Å². The number of benzene rings is 1. The molecule has 0 saturated carbocycles. The minimum atomic E-state index is 0.713. The molecule has 0 aliphatic rings. The summed E-state index contributed by atoms with van der Waals surface area (Å²) < 4.78 is 5.60. The van der Waals surface area contributed by atoms with Gasteiger partial charge in [0.25, 0.3) is 0 Å². The smallest absolute Gasteiger partial charge is 0.0717 e. The fourth-order valence-electron chi connectivity index (χ4n) is 1.39. The summed E-state index contributed by atoms with van der Waals surface area (Å²) in [4.78, 5) is 0. The number of ether oxygens (including phenoxy) is 1. The Kier molecular flexibility index (Phi) is 3.94. The first-order valence-electron chi connectivity index (χ1n) is 5.08. The summed E-state index contributed by atoms with van der Waals surface area (Å²) >= 11 is 1.74. The van der Waals surface area contributed by atoms with E-state index in [1.807, 2.05) is 18.2 Å². The van der Waals surface area contributed by atoms with Crippen LogP contribution in [0.15, 0.2) is 47.2 Å². The highest BCUT2D eigenvalue weighted by atomic mass is 32.1. The van der Waals surface area contributed by atoms with Crippen LogP contribution in [-0.4, -0.2) is 6.61 Å². The fourth-order valence-corrected chi connectivity index (χ4v) is 2.09. The normalized spacial score (nSPS) is 10.4. The highest BCUT2D eigenvalue weighted by Crippen LogP contribution is 2.07. The standard InChI is InChI=1S/C13H14OS/c1-2-4-12(5-3-1)10-14-8-6-13-7-9-15-11-13/h1-5,7,9,11H,6,8,10H2. The lowest BCUT2D eigenvalue weighted by Gasteiger charge is -2.03. The van der Waals surface area contributed by atoms with Gasteiger partial charge >= 0.3 is 0 Å². The van der Waals surface area contributed by atoms with Crippen LogP contribution in [0.25, 0.3) is 0 Å². The van der Waals surface area contributed by atoms with E-state index in [0.717, 1.165) is 13.0 Å². The van der Waals surface area contributed by atoms with Crippen LogP contribution in [0.3, 0.4) is 0 Å². The van der Waals surface area contributed by atoms with Gasteiger partial charge in [-0.15, -0.1) is 0 Å². The molecular formula is C13H14OS. The maximum atomic E-state index is 5.60. The van der Waals surface area contributed by atoms with Crippen LogP contribution in [0, 0.1) is 0 Å². The Hall–Kier alpha value is -1.12. The molecule has 1 heterocycles. The number of hydrogen-bond acceptors (Lipinski definition) is 2. The van der Waals surface area contributed by atoms with Gasteiger partial charge in [0, 0.05) is 0 Å². The van der Waals surface area contributed by atoms with Crippen molar-refractivity contribution in [3.05, 3.63) is 58.3 Å². The van der Waals surface area contributed by atoms with Crippen molar-refractivity contribution < 1.29 is 4.74 Å². The molecule has 0 saturated heterocycles. The van der Waals surface area contributed by atoms with Crippen molar-refractivity contribution in [2.45, 2.75) is 13.0 Å². The summed E-state index contributed by atoms with van der Waals surface area (Å²) in [5.74, 6) is 0. The predicted molar refractivity (Wildman–Crippen MR) is 64.1 cm³/mol. The van der Waals surface area contributed by atoms with Crippen molar-refractivity contribution in [1.29, 1.82) is 0 Å². The maximum Gasteiger partial charge on any atom is 0.0717 e. The quantitative estimate of drug-likeness (QED) is 0.698. The Labute approximate surface area is 94.3 Å². The molecular weight excluding hydrogens is 204 g/mol. The molecule has 0 fully saturated rings. The van der Waals surface area contributed by atoms with Crippen molar-refractivity contribution in [2.75, 3.05) is 6.61 Å². The lowest BCUT2D eigenvalue weighted by atomic mass is 10.2. The van der Waals surface area contributed by atoms with E-state index in [9.17, 15) is 0 Å². The van der Waals surface area contributed by atoms with Gasteiger partial charge in [-0.2, -0.15) is 11.3 Å². The molecule has 0 spiro atoms. The lowest BCUT2D eigenvalue weighted by Crippen LogP contribution is -1.97. The van der Waals surface area contributed by atoms with Crippen LogP contribution in [0.4, 0.5) is 0 Å². The third-order valence-corrected chi connectivity index (χ3v) is 2.96. The lowest BCUT2D eigenvalue weighted by molar-refractivity contribution is 0.124. The van der Waals surface area contributed by atoms with Gasteiger partial charge in [-0.25, -0.2) is 0 Å². The van der Waals surface area contributed by atoms with Gasteiger partial charge in [-0.05, 0) is 34.4 Å². The third kappa shape index (κ3) is 3.50. The second-order valence-corrected chi connectivity index (χ2v) is 4.20. The molecule has 2 heteroatoms. The SMILES string of the molecule is c1ccc(COCCc2ccsc2)cc1. The molecule has 15 heavy (non-hydrogen) atoms. The van der Waals surface area contributed by atoms with E-state index in [0.29, 0.717) is 6.61 Å². The van der Waals surface area contributed by atoms with Gasteiger partial charge < -0.3 is 4.74 Å². The first-order valence-corrected chi connectivity index (χ1v) is 6.02. The molecule has 0 bridgehead atoms. The molecule has 0 aliphatic heterocycles. The number of hydrogen-bond donors (Lipinski definition) is 0. The Morgan fingerprint density at radius 1 is 1.00 bits per heavy atom. The molecule has 1 aromatic carbocycles. The molecule has 0 N–H and O–H groups in total. The molecule has 78 valence electrons. The highest BCUT2D eigenvalue weighted by Gasteiger charge is 1.94. The summed E-state index contributed by atoms with van der Waals surface area (Å²) in [5, 5.41) is 4.28. The van der Waals surface area contributed by atoms with E-state index < -0.39 is 0 Å². The zero-order valence-electron chi connectivity index (χ0n) is 8.56. The van der Waals surface area contributed by atoms with Crippen LogP contribution < -0.4 is 0 Å². The molecule has 2 aromatic rings. The van der Waals surface area contributed by atoms with Gasteiger partial charge in [-0.3, -0.25) is 0 Å². The molecule has 2 rings (SSSR count). The summed E-state index contributed by atoms with van der Waals surface area (Å²) in [6.07, 6.45) is 1.01. The van der Waals surface area contributed by atoms with Gasteiger partial charge in [0.05, 0.1) is 13.2 Å². The van der Waals surface area contributed by atoms with E-state index >= 15 is 0 Å². The van der Waals surface area contributed by atoms with Crippen molar-refractivity contribution in [2.24, 2.45) is 0 Å². The van der Waals surface area contributed by atoms with E-state index in [1.54, 1.807) is 11.3 Å². The average Bonchev–Trinajstić information content (AvgIpc) is 2.79. The molecule has 0 amide bonds. The van der Waals surface area contributed by atoms with Crippen molar-refractivity contribution in [3.8, 4) is 0 Å². The Morgan fingerprint density at radius 2 is 1.87 bits per heavy atom. The first kappa shape index (κ1) is 10.4. The fraction of sp³-hybridized carbons (Fsp3) is 0.231. The second kappa shape index (κ2) is 5.69. The van der Waals surface area contributed by atoms with Crippen molar-refractivity contribution >= 4 is 11.3 Å². The van der Waals surface area contributed by atoms with Crippen molar-refractivity contribution in [3.63, 3.8) is 0 Å². The Bertz CT molecular complexity index is 367. The molecule has 1 aromatic heterocycles. The molecule has 0 aliphatic carbocycles. The molecule has 1 nitrogen and oxygen atoms in total. The monoisotopic (exact) mass is 218 g/mol. The second-order valence-electron chi connectivity index (χ2n) is 3.42. The van der Waals surface area contributed by atoms with Crippen LogP contribution in [-0.2, 0) is 17.8 Å². The zero-order chi connectivity index (χ0) is 10.3. The number of thiophene rings is 1. The largest absolute Gasteiger partial charge is 0.376 e. The first-order chi connectivity index (χ1) is 7.45. The van der Waals surface area contributed by atoms with Crippen LogP contribution in [0.1, 0.15) is 11.1 Å². The minimum Gasteiger partial charge on any atom is -0.376 e. The van der Waals surface area contributed by atoms with Gasteiger partial charge in [0.1, 0.15) is 0 Å². The third-order valence-electron chi connectivity index (χ3n) is 2.23. The van der Waals surface area contributed by atoms with Crippen LogP contribution in [0.2, 0.25) is 0 Å². The molecule has 0 atom stereocenters.